The van der Waals surface area contributed by atoms with Gasteiger partial charge in [-0.25, -0.2) is 14.9 Å². The van der Waals surface area contributed by atoms with Gasteiger partial charge in [-0.2, -0.15) is 0 Å². The van der Waals surface area contributed by atoms with E-state index in [4.69, 9.17) is 9.83 Å². The van der Waals surface area contributed by atoms with Crippen LogP contribution >= 0.6 is 0 Å². The lowest BCUT2D eigenvalue weighted by Gasteiger charge is -2.37. The standard InChI is InChI=1S/C23H29N3O/c1-6-26(22(2,3)4)21-24-23(27-25(21)5)19-13-9-7-11-17(19)15-16-18-12-8-10-14-20(18)23/h7-14H,6,15-16H2,1-5H3. The molecule has 0 bridgehead atoms. The van der Waals surface area contributed by atoms with Crippen LogP contribution in [0.4, 0.5) is 0 Å². The van der Waals surface area contributed by atoms with Gasteiger partial charge in [-0.1, -0.05) is 48.5 Å². The van der Waals surface area contributed by atoms with Gasteiger partial charge < -0.3 is 4.90 Å². The van der Waals surface area contributed by atoms with Gasteiger partial charge in [-0.3, -0.25) is 0 Å². The van der Waals surface area contributed by atoms with Gasteiger partial charge in [0.1, 0.15) is 0 Å². The average molecular weight is 364 g/mol. The van der Waals surface area contributed by atoms with E-state index in [0.717, 1.165) is 36.5 Å². The number of hydrogen-bond donors (Lipinski definition) is 0. The Bertz CT molecular complexity index is 834. The molecule has 4 rings (SSSR count). The summed E-state index contributed by atoms with van der Waals surface area (Å²) in [6.07, 6.45) is 2.01. The summed E-state index contributed by atoms with van der Waals surface area (Å²) < 4.78 is 0. The summed E-state index contributed by atoms with van der Waals surface area (Å²) in [5, 5.41) is 1.85. The maximum Gasteiger partial charge on any atom is 0.240 e. The second-order valence-corrected chi connectivity index (χ2v) is 8.37. The number of hydroxylamine groups is 2. The summed E-state index contributed by atoms with van der Waals surface area (Å²) in [7, 11) is 1.97. The smallest absolute Gasteiger partial charge is 0.240 e. The van der Waals surface area contributed by atoms with Gasteiger partial charge in [0.15, 0.2) is 0 Å². The van der Waals surface area contributed by atoms with E-state index < -0.39 is 5.72 Å². The minimum Gasteiger partial charge on any atom is -0.336 e. The van der Waals surface area contributed by atoms with Crippen LogP contribution < -0.4 is 0 Å². The summed E-state index contributed by atoms with van der Waals surface area (Å²) in [6.45, 7) is 9.68. The van der Waals surface area contributed by atoms with Crippen LogP contribution in [0.1, 0.15) is 49.9 Å². The second-order valence-electron chi connectivity index (χ2n) is 8.37. The third kappa shape index (κ3) is 2.83. The first kappa shape index (κ1) is 18.1. The van der Waals surface area contributed by atoms with E-state index in [1.807, 2.05) is 12.1 Å². The number of aryl methyl sites for hydroxylation is 2. The van der Waals surface area contributed by atoms with Gasteiger partial charge in [0.05, 0.1) is 0 Å². The zero-order valence-corrected chi connectivity index (χ0v) is 17.0. The van der Waals surface area contributed by atoms with Crippen molar-refractivity contribution in [1.82, 2.24) is 9.96 Å². The van der Waals surface area contributed by atoms with Gasteiger partial charge in [0.2, 0.25) is 11.7 Å². The monoisotopic (exact) mass is 363 g/mol. The molecule has 0 saturated carbocycles. The van der Waals surface area contributed by atoms with E-state index in [0.29, 0.717) is 0 Å². The van der Waals surface area contributed by atoms with Crippen molar-refractivity contribution in [2.75, 3.05) is 13.6 Å². The Labute approximate surface area is 162 Å². The fraction of sp³-hybridized carbons (Fsp3) is 0.435. The topological polar surface area (TPSA) is 28.1 Å². The van der Waals surface area contributed by atoms with E-state index in [-0.39, 0.29) is 5.54 Å². The molecule has 142 valence electrons. The Morgan fingerprint density at radius 2 is 1.52 bits per heavy atom. The molecule has 2 aromatic carbocycles. The number of guanidine groups is 1. The summed E-state index contributed by atoms with van der Waals surface area (Å²) in [5.74, 6) is 0.886. The highest BCUT2D eigenvalue weighted by Crippen LogP contribution is 2.45. The summed E-state index contributed by atoms with van der Waals surface area (Å²) in [6, 6.07) is 17.2. The molecule has 4 heteroatoms. The van der Waals surface area contributed by atoms with Crippen molar-refractivity contribution in [3.05, 3.63) is 70.8 Å². The van der Waals surface area contributed by atoms with Crippen molar-refractivity contribution >= 4 is 5.96 Å². The van der Waals surface area contributed by atoms with Crippen molar-refractivity contribution in [3.63, 3.8) is 0 Å². The minimum atomic E-state index is -0.813. The predicted molar refractivity (Wildman–Crippen MR) is 109 cm³/mol. The molecule has 2 aromatic rings. The van der Waals surface area contributed by atoms with Crippen LogP contribution in [0.5, 0.6) is 0 Å². The van der Waals surface area contributed by atoms with Crippen LogP contribution in [0.2, 0.25) is 0 Å². The molecule has 0 saturated heterocycles. The lowest BCUT2D eigenvalue weighted by atomic mass is 9.91. The molecule has 27 heavy (non-hydrogen) atoms. The SMILES string of the molecule is CCN(C1=NC2(ON1C)c1ccccc1CCc1ccccc12)C(C)(C)C. The molecule has 0 unspecified atom stereocenters. The number of benzene rings is 2. The summed E-state index contributed by atoms with van der Waals surface area (Å²) in [5.41, 5.74) is 4.08. The van der Waals surface area contributed by atoms with Crippen LogP contribution in [-0.2, 0) is 23.4 Å². The molecule has 0 atom stereocenters. The highest BCUT2D eigenvalue weighted by molar-refractivity contribution is 5.82. The Kier molecular flexibility index (Phi) is 4.26. The van der Waals surface area contributed by atoms with Crippen LogP contribution in [0.15, 0.2) is 53.5 Å². The van der Waals surface area contributed by atoms with Crippen LogP contribution in [0.3, 0.4) is 0 Å². The molecule has 1 aliphatic heterocycles. The zero-order valence-electron chi connectivity index (χ0n) is 17.0. The van der Waals surface area contributed by atoms with Crippen molar-refractivity contribution in [3.8, 4) is 0 Å². The fourth-order valence-corrected chi connectivity index (χ4v) is 4.39. The van der Waals surface area contributed by atoms with Crippen molar-refractivity contribution in [1.29, 1.82) is 0 Å². The van der Waals surface area contributed by atoms with Gasteiger partial charge in [0.25, 0.3) is 0 Å². The fourth-order valence-electron chi connectivity index (χ4n) is 4.39. The minimum absolute atomic E-state index is 0.0412. The zero-order chi connectivity index (χ0) is 19.2. The molecule has 0 amide bonds. The number of fused-ring (bicyclic) bond motifs is 4. The maximum absolute atomic E-state index is 6.60. The van der Waals surface area contributed by atoms with Crippen LogP contribution in [0, 0.1) is 0 Å². The summed E-state index contributed by atoms with van der Waals surface area (Å²) in [4.78, 5) is 14.2. The molecule has 4 nitrogen and oxygen atoms in total. The third-order valence-electron chi connectivity index (χ3n) is 5.60. The Balaban J connectivity index is 1.97. The molecule has 0 fully saturated rings. The van der Waals surface area contributed by atoms with Gasteiger partial charge in [-0.15, -0.1) is 0 Å². The average Bonchev–Trinajstić information content (AvgIpc) is 2.91. The Morgan fingerprint density at radius 3 is 2.00 bits per heavy atom. The predicted octanol–water partition coefficient (Wildman–Crippen LogP) is 4.34. The van der Waals surface area contributed by atoms with E-state index in [2.05, 4.69) is 81.1 Å². The van der Waals surface area contributed by atoms with E-state index in [1.165, 1.54) is 11.1 Å². The van der Waals surface area contributed by atoms with Crippen molar-refractivity contribution in [2.24, 2.45) is 4.99 Å². The molecule has 0 N–H and O–H groups in total. The first-order chi connectivity index (χ1) is 12.9. The number of aliphatic imine (C=N–C) groups is 1. The van der Waals surface area contributed by atoms with E-state index in [9.17, 15) is 0 Å². The normalized spacial score (nSPS) is 18.0. The lowest BCUT2D eigenvalue weighted by molar-refractivity contribution is -0.156. The third-order valence-corrected chi connectivity index (χ3v) is 5.60. The molecule has 1 heterocycles. The summed E-state index contributed by atoms with van der Waals surface area (Å²) >= 11 is 0. The van der Waals surface area contributed by atoms with Crippen LogP contribution in [0.25, 0.3) is 0 Å². The van der Waals surface area contributed by atoms with Crippen LogP contribution in [-0.4, -0.2) is 35.1 Å². The molecule has 2 aliphatic rings. The highest BCUT2D eigenvalue weighted by Gasteiger charge is 2.48. The van der Waals surface area contributed by atoms with Gasteiger partial charge in [0, 0.05) is 30.3 Å². The largest absolute Gasteiger partial charge is 0.336 e. The molecule has 1 spiro atoms. The molecule has 1 aliphatic carbocycles. The van der Waals surface area contributed by atoms with E-state index >= 15 is 0 Å². The van der Waals surface area contributed by atoms with Gasteiger partial charge >= 0.3 is 0 Å². The van der Waals surface area contributed by atoms with Crippen molar-refractivity contribution < 1.29 is 4.84 Å². The Morgan fingerprint density at radius 1 is 1.00 bits per heavy atom. The molecule has 0 radical (unpaired) electrons. The number of nitrogens with zero attached hydrogens (tertiary/aromatic N) is 3. The van der Waals surface area contributed by atoms with Gasteiger partial charge in [-0.05, 0) is 51.7 Å². The number of hydrogen-bond acceptors (Lipinski definition) is 4. The number of rotatable bonds is 1. The molecule has 0 aromatic heterocycles. The van der Waals surface area contributed by atoms with Crippen molar-refractivity contribution in [2.45, 2.75) is 51.8 Å². The first-order valence-corrected chi connectivity index (χ1v) is 9.84. The molecular formula is C23H29N3O. The Hall–Kier alpha value is -2.33. The lowest BCUT2D eigenvalue weighted by Crippen LogP contribution is -2.49. The van der Waals surface area contributed by atoms with E-state index in [1.54, 1.807) is 0 Å². The second kappa shape index (κ2) is 6.38. The molecular weight excluding hydrogens is 334 g/mol. The first-order valence-electron chi connectivity index (χ1n) is 9.84. The maximum atomic E-state index is 6.60. The highest BCUT2D eigenvalue weighted by atomic mass is 16.7. The quantitative estimate of drug-likeness (QED) is 0.754.